The number of hydrogen-bond acceptors (Lipinski definition) is 1. The lowest BCUT2D eigenvalue weighted by Crippen LogP contribution is -2.19. The van der Waals surface area contributed by atoms with Gasteiger partial charge in [-0.3, -0.25) is 0 Å². The van der Waals surface area contributed by atoms with Crippen molar-refractivity contribution in [2.45, 2.75) is 37.2 Å². The predicted molar refractivity (Wildman–Crippen MR) is 51.5 cm³/mol. The zero-order valence-corrected chi connectivity index (χ0v) is 7.66. The molecule has 1 nitrogen and oxygen atoms in total. The fourth-order valence-electron chi connectivity index (χ4n) is 2.64. The van der Waals surface area contributed by atoms with E-state index in [9.17, 15) is 5.11 Å². The van der Waals surface area contributed by atoms with Gasteiger partial charge in [-0.1, -0.05) is 24.3 Å². The van der Waals surface area contributed by atoms with Crippen molar-refractivity contribution >= 4 is 0 Å². The number of aliphatic hydroxyl groups is 1. The molecule has 2 aliphatic rings. The highest BCUT2D eigenvalue weighted by Gasteiger charge is 2.48. The molecule has 13 heavy (non-hydrogen) atoms. The summed E-state index contributed by atoms with van der Waals surface area (Å²) >= 11 is 0. The topological polar surface area (TPSA) is 20.2 Å². The van der Waals surface area contributed by atoms with Crippen LogP contribution < -0.4 is 0 Å². The van der Waals surface area contributed by atoms with E-state index >= 15 is 0 Å². The molecule has 0 aromatic heterocycles. The average molecular weight is 174 g/mol. The van der Waals surface area contributed by atoms with Crippen LogP contribution in [0.15, 0.2) is 24.3 Å². The van der Waals surface area contributed by atoms with Crippen LogP contribution in [-0.2, 0) is 5.41 Å². The van der Waals surface area contributed by atoms with E-state index in [2.05, 4.69) is 18.2 Å². The van der Waals surface area contributed by atoms with Gasteiger partial charge in [-0.25, -0.2) is 0 Å². The second-order valence-electron chi connectivity index (χ2n) is 4.42. The minimum absolute atomic E-state index is 0.206. The summed E-state index contributed by atoms with van der Waals surface area (Å²) in [5.74, 6) is 0. The van der Waals surface area contributed by atoms with Crippen LogP contribution in [0.2, 0.25) is 0 Å². The molecule has 68 valence electrons. The van der Waals surface area contributed by atoms with E-state index in [1.807, 2.05) is 6.07 Å². The molecule has 1 atom stereocenters. The van der Waals surface area contributed by atoms with Crippen LogP contribution in [-0.4, -0.2) is 5.11 Å². The molecule has 0 saturated heterocycles. The van der Waals surface area contributed by atoms with Gasteiger partial charge in [0, 0.05) is 0 Å². The van der Waals surface area contributed by atoms with Crippen LogP contribution in [0, 0.1) is 0 Å². The lowest BCUT2D eigenvalue weighted by Gasteiger charge is -2.28. The third-order valence-corrected chi connectivity index (χ3v) is 3.64. The van der Waals surface area contributed by atoms with Gasteiger partial charge in [-0.2, -0.15) is 0 Å². The van der Waals surface area contributed by atoms with Gasteiger partial charge in [0.1, 0.15) is 0 Å². The van der Waals surface area contributed by atoms with E-state index in [1.165, 1.54) is 30.4 Å². The summed E-state index contributed by atoms with van der Waals surface area (Å²) in [4.78, 5) is 0. The number of benzene rings is 1. The first-order chi connectivity index (χ1) is 6.32. The van der Waals surface area contributed by atoms with Gasteiger partial charge in [0.2, 0.25) is 0 Å². The first-order valence-corrected chi connectivity index (χ1v) is 5.09. The number of rotatable bonds is 0. The molecule has 0 heterocycles. The maximum absolute atomic E-state index is 9.82. The highest BCUT2D eigenvalue weighted by molar-refractivity contribution is 5.41. The standard InChI is InChI=1S/C12H14O/c13-11-5-6-12(7-8-12)10-4-2-1-3-9(10)11/h1-4,11,13H,5-8H2/t11-/m0/s1. The smallest absolute Gasteiger partial charge is 0.0793 e. The van der Waals surface area contributed by atoms with Crippen molar-refractivity contribution in [2.75, 3.05) is 0 Å². The van der Waals surface area contributed by atoms with Crippen molar-refractivity contribution in [3.8, 4) is 0 Å². The Labute approximate surface area is 78.4 Å². The van der Waals surface area contributed by atoms with Gasteiger partial charge in [0.15, 0.2) is 0 Å². The zero-order valence-electron chi connectivity index (χ0n) is 7.66. The maximum Gasteiger partial charge on any atom is 0.0793 e. The molecular formula is C12H14O. The Balaban J connectivity index is 2.16. The van der Waals surface area contributed by atoms with Crippen LogP contribution in [0.3, 0.4) is 0 Å². The Bertz CT molecular complexity index is 339. The first-order valence-electron chi connectivity index (χ1n) is 5.09. The van der Waals surface area contributed by atoms with Crippen molar-refractivity contribution < 1.29 is 5.11 Å². The molecule has 2 aliphatic carbocycles. The molecule has 3 rings (SSSR count). The summed E-state index contributed by atoms with van der Waals surface area (Å²) in [6, 6.07) is 8.41. The Morgan fingerprint density at radius 1 is 1.15 bits per heavy atom. The lowest BCUT2D eigenvalue weighted by molar-refractivity contribution is 0.148. The fourth-order valence-corrected chi connectivity index (χ4v) is 2.64. The minimum atomic E-state index is -0.206. The van der Waals surface area contributed by atoms with Crippen LogP contribution in [0.5, 0.6) is 0 Å². The highest BCUT2D eigenvalue weighted by atomic mass is 16.3. The van der Waals surface area contributed by atoms with Crippen LogP contribution >= 0.6 is 0 Å². The first kappa shape index (κ1) is 7.57. The number of hydrogen-bond donors (Lipinski definition) is 1. The minimum Gasteiger partial charge on any atom is -0.388 e. The largest absolute Gasteiger partial charge is 0.388 e. The van der Waals surface area contributed by atoms with Gasteiger partial charge < -0.3 is 5.11 Å². The van der Waals surface area contributed by atoms with Gasteiger partial charge in [0.05, 0.1) is 6.10 Å². The van der Waals surface area contributed by atoms with E-state index in [-0.39, 0.29) is 6.10 Å². The van der Waals surface area contributed by atoms with E-state index < -0.39 is 0 Å². The molecule has 1 heteroatoms. The monoisotopic (exact) mass is 174 g/mol. The van der Waals surface area contributed by atoms with Crippen molar-refractivity contribution in [2.24, 2.45) is 0 Å². The van der Waals surface area contributed by atoms with Crippen LogP contribution in [0.25, 0.3) is 0 Å². The molecule has 0 bridgehead atoms. The third kappa shape index (κ3) is 0.969. The summed E-state index contributed by atoms with van der Waals surface area (Å²) in [7, 11) is 0. The molecule has 1 fully saturated rings. The van der Waals surface area contributed by atoms with Gasteiger partial charge in [0.25, 0.3) is 0 Å². The van der Waals surface area contributed by atoms with Crippen molar-refractivity contribution in [1.82, 2.24) is 0 Å². The summed E-state index contributed by atoms with van der Waals surface area (Å²) in [6.07, 6.45) is 4.60. The van der Waals surface area contributed by atoms with Crippen LogP contribution in [0.4, 0.5) is 0 Å². The van der Waals surface area contributed by atoms with Gasteiger partial charge in [-0.05, 0) is 42.2 Å². The van der Waals surface area contributed by atoms with E-state index in [0.29, 0.717) is 5.41 Å². The molecule has 1 aromatic carbocycles. The Morgan fingerprint density at radius 2 is 1.92 bits per heavy atom. The van der Waals surface area contributed by atoms with E-state index in [1.54, 1.807) is 0 Å². The molecule has 1 saturated carbocycles. The van der Waals surface area contributed by atoms with E-state index in [4.69, 9.17) is 0 Å². The second kappa shape index (κ2) is 2.36. The Morgan fingerprint density at radius 3 is 2.69 bits per heavy atom. The second-order valence-corrected chi connectivity index (χ2v) is 4.42. The highest BCUT2D eigenvalue weighted by Crippen LogP contribution is 2.57. The van der Waals surface area contributed by atoms with Crippen molar-refractivity contribution in [3.63, 3.8) is 0 Å². The van der Waals surface area contributed by atoms with Crippen LogP contribution in [0.1, 0.15) is 42.9 Å². The molecule has 0 unspecified atom stereocenters. The summed E-state index contributed by atoms with van der Waals surface area (Å²) in [5, 5.41) is 9.82. The SMILES string of the molecule is O[C@H]1CCC2(CC2)c2ccccc21. The normalized spacial score (nSPS) is 28.5. The average Bonchev–Trinajstić information content (AvgIpc) is 2.94. The zero-order chi connectivity index (χ0) is 8.89. The Kier molecular flexibility index (Phi) is 1.37. The fraction of sp³-hybridized carbons (Fsp3) is 0.500. The Hall–Kier alpha value is -0.820. The van der Waals surface area contributed by atoms with Gasteiger partial charge >= 0.3 is 0 Å². The summed E-state index contributed by atoms with van der Waals surface area (Å²) in [6.45, 7) is 0. The molecule has 1 spiro atoms. The van der Waals surface area contributed by atoms with Gasteiger partial charge in [-0.15, -0.1) is 0 Å². The predicted octanol–water partition coefficient (Wildman–Crippen LogP) is 2.55. The molecule has 1 N–H and O–H groups in total. The molecule has 0 aliphatic heterocycles. The quantitative estimate of drug-likeness (QED) is 0.641. The maximum atomic E-state index is 9.82. The molecule has 1 aromatic rings. The summed E-state index contributed by atoms with van der Waals surface area (Å²) < 4.78 is 0. The lowest BCUT2D eigenvalue weighted by atomic mass is 9.79. The third-order valence-electron chi connectivity index (χ3n) is 3.64. The van der Waals surface area contributed by atoms with Crippen molar-refractivity contribution in [3.05, 3.63) is 35.4 Å². The number of aliphatic hydroxyl groups excluding tert-OH is 1. The van der Waals surface area contributed by atoms with Crippen molar-refractivity contribution in [1.29, 1.82) is 0 Å². The molecule has 0 amide bonds. The number of fused-ring (bicyclic) bond motifs is 2. The van der Waals surface area contributed by atoms with E-state index in [0.717, 1.165) is 6.42 Å². The molecule has 0 radical (unpaired) electrons. The summed E-state index contributed by atoms with van der Waals surface area (Å²) in [5.41, 5.74) is 3.09. The molecular weight excluding hydrogens is 160 g/mol.